The molecular formula is C20H26N2O5S2. The van der Waals surface area contributed by atoms with E-state index in [0.717, 1.165) is 12.8 Å². The summed E-state index contributed by atoms with van der Waals surface area (Å²) >= 11 is 1.68. The summed E-state index contributed by atoms with van der Waals surface area (Å²) in [6.45, 7) is 3.47. The second kappa shape index (κ2) is 10.2. The fourth-order valence-corrected chi connectivity index (χ4v) is 5.41. The molecule has 1 aromatic carbocycles. The monoisotopic (exact) mass is 438 g/mol. The highest BCUT2D eigenvalue weighted by Crippen LogP contribution is 2.30. The predicted molar refractivity (Wildman–Crippen MR) is 113 cm³/mol. The summed E-state index contributed by atoms with van der Waals surface area (Å²) in [5, 5.41) is 4.83. The molecule has 0 atom stereocenters. The molecule has 2 aromatic rings. The molecular weight excluding hydrogens is 412 g/mol. The first kappa shape index (κ1) is 21.8. The van der Waals surface area contributed by atoms with Crippen LogP contribution >= 0.6 is 11.3 Å². The largest absolute Gasteiger partial charge is 0.492 e. The maximum atomic E-state index is 13.1. The molecule has 0 radical (unpaired) electrons. The molecule has 1 aliphatic heterocycles. The van der Waals surface area contributed by atoms with Gasteiger partial charge in [0.05, 0.1) is 19.8 Å². The SMILES string of the molecule is CCOc1ccc(NC(=O)CCCc2cccs2)cc1S(=O)(=O)N1CCOCC1. The Morgan fingerprint density at radius 3 is 2.76 bits per heavy atom. The number of ether oxygens (including phenoxy) is 2. The number of morpholine rings is 1. The minimum atomic E-state index is -3.74. The van der Waals surface area contributed by atoms with Gasteiger partial charge in [-0.25, -0.2) is 8.42 Å². The first-order chi connectivity index (χ1) is 14.0. The number of hydrogen-bond acceptors (Lipinski definition) is 6. The van der Waals surface area contributed by atoms with Crippen molar-refractivity contribution in [2.75, 3.05) is 38.2 Å². The zero-order valence-electron chi connectivity index (χ0n) is 16.4. The molecule has 7 nitrogen and oxygen atoms in total. The summed E-state index contributed by atoms with van der Waals surface area (Å²) < 4.78 is 38.4. The lowest BCUT2D eigenvalue weighted by atomic mass is 10.2. The quantitative estimate of drug-likeness (QED) is 0.650. The summed E-state index contributed by atoms with van der Waals surface area (Å²) in [6.07, 6.45) is 1.96. The Labute approximate surface area is 175 Å². The highest BCUT2D eigenvalue weighted by Gasteiger charge is 2.29. The highest BCUT2D eigenvalue weighted by molar-refractivity contribution is 7.89. The normalized spacial score (nSPS) is 15.2. The summed E-state index contributed by atoms with van der Waals surface area (Å²) in [4.78, 5) is 13.6. The topological polar surface area (TPSA) is 84.9 Å². The number of anilines is 1. The number of amides is 1. The van der Waals surface area contributed by atoms with Crippen molar-refractivity contribution in [3.05, 3.63) is 40.6 Å². The molecule has 9 heteroatoms. The number of carbonyl (C=O) groups excluding carboxylic acids is 1. The Bertz CT molecular complexity index is 907. The van der Waals surface area contributed by atoms with Gasteiger partial charge >= 0.3 is 0 Å². The van der Waals surface area contributed by atoms with E-state index < -0.39 is 10.0 Å². The third-order valence-electron chi connectivity index (χ3n) is 4.52. The molecule has 1 fully saturated rings. The minimum absolute atomic E-state index is 0.0673. The molecule has 29 heavy (non-hydrogen) atoms. The second-order valence-corrected chi connectivity index (χ2v) is 9.53. The molecule has 1 aromatic heterocycles. The number of hydrogen-bond donors (Lipinski definition) is 1. The van der Waals surface area contributed by atoms with Gasteiger partial charge in [0.25, 0.3) is 0 Å². The van der Waals surface area contributed by atoms with Gasteiger partial charge in [0.2, 0.25) is 15.9 Å². The van der Waals surface area contributed by atoms with Gasteiger partial charge in [0.1, 0.15) is 10.6 Å². The third kappa shape index (κ3) is 5.79. The molecule has 1 amide bonds. The lowest BCUT2D eigenvalue weighted by molar-refractivity contribution is -0.116. The summed E-state index contributed by atoms with van der Waals surface area (Å²) in [5.41, 5.74) is 0.446. The van der Waals surface area contributed by atoms with Crippen molar-refractivity contribution in [1.82, 2.24) is 4.31 Å². The van der Waals surface area contributed by atoms with Crippen molar-refractivity contribution in [3.63, 3.8) is 0 Å². The van der Waals surface area contributed by atoms with E-state index in [2.05, 4.69) is 11.4 Å². The zero-order chi connectivity index (χ0) is 20.7. The van der Waals surface area contributed by atoms with Gasteiger partial charge in [-0.2, -0.15) is 4.31 Å². The van der Waals surface area contributed by atoms with Crippen LogP contribution in [0.25, 0.3) is 0 Å². The molecule has 0 bridgehead atoms. The Morgan fingerprint density at radius 2 is 2.07 bits per heavy atom. The van der Waals surface area contributed by atoms with Gasteiger partial charge in [-0.15, -0.1) is 11.3 Å². The number of benzene rings is 1. The van der Waals surface area contributed by atoms with Crippen LogP contribution in [0, 0.1) is 0 Å². The van der Waals surface area contributed by atoms with E-state index in [-0.39, 0.29) is 16.6 Å². The van der Waals surface area contributed by atoms with E-state index in [9.17, 15) is 13.2 Å². The number of rotatable bonds is 9. The van der Waals surface area contributed by atoms with Crippen LogP contribution in [-0.4, -0.2) is 51.5 Å². The highest BCUT2D eigenvalue weighted by atomic mass is 32.2. The summed E-state index contributed by atoms with van der Waals surface area (Å²) in [6, 6.07) is 8.79. The Hall–Kier alpha value is -1.94. The van der Waals surface area contributed by atoms with Crippen LogP contribution in [0.15, 0.2) is 40.6 Å². The number of aryl methyl sites for hydroxylation is 1. The van der Waals surface area contributed by atoms with E-state index in [1.807, 2.05) is 11.4 Å². The number of sulfonamides is 1. The average Bonchev–Trinajstić information content (AvgIpc) is 3.23. The lowest BCUT2D eigenvalue weighted by Crippen LogP contribution is -2.40. The summed E-state index contributed by atoms with van der Waals surface area (Å²) in [7, 11) is -3.74. The first-order valence-electron chi connectivity index (χ1n) is 9.67. The molecule has 158 valence electrons. The van der Waals surface area contributed by atoms with Crippen LogP contribution < -0.4 is 10.1 Å². The fourth-order valence-electron chi connectivity index (χ4n) is 3.09. The van der Waals surface area contributed by atoms with Crippen LogP contribution in [0.3, 0.4) is 0 Å². The second-order valence-electron chi connectivity index (χ2n) is 6.59. The van der Waals surface area contributed by atoms with Gasteiger partial charge in [0, 0.05) is 30.1 Å². The van der Waals surface area contributed by atoms with Crippen molar-refractivity contribution in [2.24, 2.45) is 0 Å². The maximum absolute atomic E-state index is 13.1. The van der Waals surface area contributed by atoms with E-state index in [0.29, 0.717) is 45.0 Å². The molecule has 0 aliphatic carbocycles. The van der Waals surface area contributed by atoms with Gasteiger partial charge in [-0.1, -0.05) is 6.07 Å². The van der Waals surface area contributed by atoms with E-state index in [4.69, 9.17) is 9.47 Å². The Kier molecular flexibility index (Phi) is 7.65. The van der Waals surface area contributed by atoms with E-state index >= 15 is 0 Å². The number of thiophene rings is 1. The molecule has 0 saturated carbocycles. The van der Waals surface area contributed by atoms with Crippen LogP contribution in [0.5, 0.6) is 5.75 Å². The average molecular weight is 439 g/mol. The van der Waals surface area contributed by atoms with Crippen LogP contribution in [0.2, 0.25) is 0 Å². The van der Waals surface area contributed by atoms with Gasteiger partial charge in [-0.3, -0.25) is 4.79 Å². The van der Waals surface area contributed by atoms with E-state index in [1.54, 1.807) is 30.4 Å². The zero-order valence-corrected chi connectivity index (χ0v) is 18.1. The van der Waals surface area contributed by atoms with Gasteiger partial charge < -0.3 is 14.8 Å². The number of carbonyl (C=O) groups is 1. The summed E-state index contributed by atoms with van der Waals surface area (Å²) in [5.74, 6) is 0.148. The molecule has 1 saturated heterocycles. The lowest BCUT2D eigenvalue weighted by Gasteiger charge is -2.27. The maximum Gasteiger partial charge on any atom is 0.246 e. The van der Waals surface area contributed by atoms with Crippen molar-refractivity contribution in [3.8, 4) is 5.75 Å². The fraction of sp³-hybridized carbons (Fsp3) is 0.450. The van der Waals surface area contributed by atoms with Crippen LogP contribution in [0.4, 0.5) is 5.69 Å². The molecule has 1 aliphatic rings. The standard InChI is InChI=1S/C20H26N2O5S2/c1-2-27-18-9-8-16(21-20(23)7-3-5-17-6-4-14-28-17)15-19(18)29(24,25)22-10-12-26-13-11-22/h4,6,8-9,14-15H,2-3,5,7,10-13H2,1H3,(H,21,23). The first-order valence-corrected chi connectivity index (χ1v) is 12.0. The van der Waals surface area contributed by atoms with Gasteiger partial charge in [-0.05, 0) is 49.4 Å². The number of nitrogens with one attached hydrogen (secondary N) is 1. The molecule has 1 N–H and O–H groups in total. The molecule has 0 unspecified atom stereocenters. The van der Waals surface area contributed by atoms with Gasteiger partial charge in [0.15, 0.2) is 0 Å². The van der Waals surface area contributed by atoms with Crippen LogP contribution in [-0.2, 0) is 26.0 Å². The molecule has 2 heterocycles. The number of nitrogens with zero attached hydrogens (tertiary/aromatic N) is 1. The molecule has 0 spiro atoms. The van der Waals surface area contributed by atoms with Crippen LogP contribution in [0.1, 0.15) is 24.6 Å². The third-order valence-corrected chi connectivity index (χ3v) is 7.38. The van der Waals surface area contributed by atoms with Crippen molar-refractivity contribution < 1.29 is 22.7 Å². The Balaban J connectivity index is 1.71. The minimum Gasteiger partial charge on any atom is -0.492 e. The molecule has 3 rings (SSSR count). The predicted octanol–water partition coefficient (Wildman–Crippen LogP) is 3.13. The van der Waals surface area contributed by atoms with Crippen molar-refractivity contribution in [1.29, 1.82) is 0 Å². The van der Waals surface area contributed by atoms with E-state index in [1.165, 1.54) is 15.2 Å². The Morgan fingerprint density at radius 1 is 1.28 bits per heavy atom. The smallest absolute Gasteiger partial charge is 0.246 e. The van der Waals surface area contributed by atoms with Crippen molar-refractivity contribution in [2.45, 2.75) is 31.1 Å². The van der Waals surface area contributed by atoms with Crippen molar-refractivity contribution >= 4 is 33.0 Å².